The summed E-state index contributed by atoms with van der Waals surface area (Å²) >= 11 is 0. The van der Waals surface area contributed by atoms with E-state index < -0.39 is 0 Å². The van der Waals surface area contributed by atoms with Crippen LogP contribution >= 0.6 is 0 Å². The van der Waals surface area contributed by atoms with Gasteiger partial charge in [-0.1, -0.05) is 12.8 Å². The van der Waals surface area contributed by atoms with Gasteiger partial charge < -0.3 is 10.2 Å². The quantitative estimate of drug-likeness (QED) is 0.735. The van der Waals surface area contributed by atoms with Crippen molar-refractivity contribution >= 4 is 0 Å². The highest BCUT2D eigenvalue weighted by Gasteiger charge is 2.33. The molecule has 0 aromatic carbocycles. The Morgan fingerprint density at radius 2 is 2.00 bits per heavy atom. The summed E-state index contributed by atoms with van der Waals surface area (Å²) in [5.74, 6) is 1.02. The number of hydrogen-bond donors (Lipinski definition) is 1. The van der Waals surface area contributed by atoms with Crippen molar-refractivity contribution in [3.63, 3.8) is 0 Å². The van der Waals surface area contributed by atoms with Crippen molar-refractivity contribution in [1.29, 1.82) is 0 Å². The fourth-order valence-corrected chi connectivity index (χ4v) is 2.66. The summed E-state index contributed by atoms with van der Waals surface area (Å²) in [5.41, 5.74) is 0. The van der Waals surface area contributed by atoms with E-state index in [2.05, 4.69) is 36.3 Å². The molecule has 1 heterocycles. The maximum Gasteiger partial charge on any atom is 0.0373 e. The Hall–Kier alpha value is -0.120. The zero-order chi connectivity index (χ0) is 10.8. The number of rotatable bonds is 4. The molecule has 15 heavy (non-hydrogen) atoms. The van der Waals surface area contributed by atoms with Gasteiger partial charge in [0.25, 0.3) is 0 Å². The third-order valence-electron chi connectivity index (χ3n) is 4.02. The van der Waals surface area contributed by atoms with Gasteiger partial charge >= 0.3 is 0 Å². The van der Waals surface area contributed by atoms with Gasteiger partial charge in [-0.15, -0.1) is 0 Å². The first-order valence-corrected chi connectivity index (χ1v) is 6.26. The number of likely N-dealkylation sites (N-methyl/N-ethyl adjacent to an activating group) is 3. The van der Waals surface area contributed by atoms with Gasteiger partial charge in [0, 0.05) is 31.7 Å². The molecule has 2 atom stereocenters. The monoisotopic (exact) mass is 211 g/mol. The molecule has 1 aliphatic carbocycles. The Morgan fingerprint density at radius 3 is 2.60 bits per heavy atom. The molecule has 0 bridgehead atoms. The highest BCUT2D eigenvalue weighted by molar-refractivity contribution is 4.91. The predicted molar refractivity (Wildman–Crippen MR) is 64.1 cm³/mol. The third kappa shape index (κ3) is 2.92. The van der Waals surface area contributed by atoms with Crippen LogP contribution in [-0.2, 0) is 0 Å². The second-order valence-corrected chi connectivity index (χ2v) is 5.38. The zero-order valence-corrected chi connectivity index (χ0v) is 10.4. The molecule has 0 aromatic rings. The Labute approximate surface area is 93.8 Å². The molecule has 1 N–H and O–H groups in total. The topological polar surface area (TPSA) is 18.5 Å². The summed E-state index contributed by atoms with van der Waals surface area (Å²) in [6.07, 6.45) is 4.30. The van der Waals surface area contributed by atoms with Gasteiger partial charge in [0.1, 0.15) is 0 Å². The molecule has 1 aliphatic heterocycles. The average molecular weight is 211 g/mol. The minimum Gasteiger partial charge on any atom is -0.315 e. The minimum absolute atomic E-state index is 0.685. The number of nitrogens with zero attached hydrogens (tertiary/aromatic N) is 2. The van der Waals surface area contributed by atoms with Crippen molar-refractivity contribution in [1.82, 2.24) is 15.1 Å². The molecule has 2 fully saturated rings. The van der Waals surface area contributed by atoms with Gasteiger partial charge in [0.05, 0.1) is 0 Å². The lowest BCUT2D eigenvalue weighted by Gasteiger charge is -2.42. The number of piperazine rings is 1. The third-order valence-corrected chi connectivity index (χ3v) is 4.02. The number of hydrogen-bond acceptors (Lipinski definition) is 3. The Kier molecular flexibility index (Phi) is 3.65. The van der Waals surface area contributed by atoms with Crippen molar-refractivity contribution in [2.75, 3.05) is 40.8 Å². The number of nitrogens with one attached hydrogen (secondary N) is 1. The second kappa shape index (κ2) is 4.81. The molecule has 3 heteroatoms. The molecular formula is C12H25N3. The van der Waals surface area contributed by atoms with Crippen molar-refractivity contribution in [2.24, 2.45) is 5.92 Å². The van der Waals surface area contributed by atoms with Crippen molar-refractivity contribution in [3.05, 3.63) is 0 Å². The van der Waals surface area contributed by atoms with Crippen LogP contribution in [0.2, 0.25) is 0 Å². The SMILES string of the molecule is CNC(CC1CC1)C1CN(C)CCN1C. The first kappa shape index (κ1) is 11.4. The van der Waals surface area contributed by atoms with Crippen molar-refractivity contribution < 1.29 is 0 Å². The van der Waals surface area contributed by atoms with E-state index in [1.807, 2.05) is 0 Å². The van der Waals surface area contributed by atoms with E-state index in [9.17, 15) is 0 Å². The molecule has 2 aliphatic rings. The molecule has 2 unspecified atom stereocenters. The standard InChI is InChI=1S/C12H25N3/c1-13-11(8-10-4-5-10)12-9-14(2)6-7-15(12)3/h10-13H,4-9H2,1-3H3. The maximum atomic E-state index is 3.53. The van der Waals surface area contributed by atoms with Crippen molar-refractivity contribution in [2.45, 2.75) is 31.3 Å². The highest BCUT2D eigenvalue weighted by Crippen LogP contribution is 2.34. The Morgan fingerprint density at radius 1 is 1.27 bits per heavy atom. The molecule has 0 amide bonds. The van der Waals surface area contributed by atoms with Gasteiger partial charge in [0.15, 0.2) is 0 Å². The van der Waals surface area contributed by atoms with Crippen LogP contribution in [0.5, 0.6) is 0 Å². The molecule has 88 valence electrons. The summed E-state index contributed by atoms with van der Waals surface area (Å²) in [6, 6.07) is 1.39. The smallest absolute Gasteiger partial charge is 0.0373 e. The van der Waals surface area contributed by atoms with Crippen LogP contribution in [0.15, 0.2) is 0 Å². The van der Waals surface area contributed by atoms with E-state index in [-0.39, 0.29) is 0 Å². The molecule has 0 spiro atoms. The van der Waals surface area contributed by atoms with E-state index >= 15 is 0 Å². The fourth-order valence-electron chi connectivity index (χ4n) is 2.66. The van der Waals surface area contributed by atoms with E-state index in [4.69, 9.17) is 0 Å². The normalized spacial score (nSPS) is 31.8. The van der Waals surface area contributed by atoms with Gasteiger partial charge in [-0.3, -0.25) is 4.90 Å². The van der Waals surface area contributed by atoms with Crippen LogP contribution in [0.1, 0.15) is 19.3 Å². The van der Waals surface area contributed by atoms with E-state index in [1.54, 1.807) is 0 Å². The van der Waals surface area contributed by atoms with Crippen LogP contribution in [0.3, 0.4) is 0 Å². The summed E-state index contributed by atoms with van der Waals surface area (Å²) in [4.78, 5) is 4.99. The molecule has 2 rings (SSSR count). The lowest BCUT2D eigenvalue weighted by atomic mass is 9.99. The van der Waals surface area contributed by atoms with E-state index in [0.29, 0.717) is 12.1 Å². The molecule has 1 saturated heterocycles. The van der Waals surface area contributed by atoms with Gasteiger partial charge in [0.2, 0.25) is 0 Å². The average Bonchev–Trinajstić information content (AvgIpc) is 3.02. The van der Waals surface area contributed by atoms with E-state index in [1.165, 1.54) is 38.9 Å². The summed E-state index contributed by atoms with van der Waals surface area (Å²) in [5, 5.41) is 3.53. The summed E-state index contributed by atoms with van der Waals surface area (Å²) in [6.45, 7) is 3.64. The van der Waals surface area contributed by atoms with Crippen LogP contribution in [-0.4, -0.2) is 62.7 Å². The molecular weight excluding hydrogens is 186 g/mol. The van der Waals surface area contributed by atoms with Gasteiger partial charge in [-0.05, 0) is 33.5 Å². The van der Waals surface area contributed by atoms with Crippen LogP contribution in [0.4, 0.5) is 0 Å². The Bertz CT molecular complexity index is 203. The zero-order valence-electron chi connectivity index (χ0n) is 10.4. The van der Waals surface area contributed by atoms with Crippen molar-refractivity contribution in [3.8, 4) is 0 Å². The summed E-state index contributed by atoms with van der Waals surface area (Å²) in [7, 11) is 6.63. The van der Waals surface area contributed by atoms with Crippen LogP contribution in [0, 0.1) is 5.92 Å². The van der Waals surface area contributed by atoms with Crippen LogP contribution in [0.25, 0.3) is 0 Å². The van der Waals surface area contributed by atoms with Crippen LogP contribution < -0.4 is 5.32 Å². The van der Waals surface area contributed by atoms with Gasteiger partial charge in [-0.25, -0.2) is 0 Å². The minimum atomic E-state index is 0.685. The Balaban J connectivity index is 1.91. The molecule has 1 saturated carbocycles. The van der Waals surface area contributed by atoms with E-state index in [0.717, 1.165) is 5.92 Å². The van der Waals surface area contributed by atoms with Gasteiger partial charge in [-0.2, -0.15) is 0 Å². The molecule has 3 nitrogen and oxygen atoms in total. The largest absolute Gasteiger partial charge is 0.315 e. The molecule has 0 aromatic heterocycles. The first-order valence-electron chi connectivity index (χ1n) is 6.26. The summed E-state index contributed by atoms with van der Waals surface area (Å²) < 4.78 is 0. The first-order chi connectivity index (χ1) is 7.20. The second-order valence-electron chi connectivity index (χ2n) is 5.38. The fraction of sp³-hybridized carbons (Fsp3) is 1.00. The lowest BCUT2D eigenvalue weighted by molar-refractivity contribution is 0.0858. The predicted octanol–water partition coefficient (Wildman–Crippen LogP) is 0.620. The maximum absolute atomic E-state index is 3.53. The molecule has 0 radical (unpaired) electrons. The highest BCUT2D eigenvalue weighted by atomic mass is 15.3. The lowest BCUT2D eigenvalue weighted by Crippen LogP contribution is -2.58.